The second-order valence-electron chi connectivity index (χ2n) is 6.28. The zero-order valence-electron chi connectivity index (χ0n) is 15.3. The quantitative estimate of drug-likeness (QED) is 0.470. The van der Waals surface area contributed by atoms with Crippen LogP contribution in [0.5, 0.6) is 0 Å². The summed E-state index contributed by atoms with van der Waals surface area (Å²) >= 11 is 7.93. The summed E-state index contributed by atoms with van der Waals surface area (Å²) < 4.78 is 15.8. The van der Waals surface area contributed by atoms with Crippen LogP contribution in [0.15, 0.2) is 40.5 Å². The van der Waals surface area contributed by atoms with Crippen LogP contribution in [0.3, 0.4) is 0 Å². The molecule has 0 unspecified atom stereocenters. The van der Waals surface area contributed by atoms with Gasteiger partial charge >= 0.3 is 0 Å². The normalized spacial score (nSPS) is 11.8. The van der Waals surface area contributed by atoms with E-state index in [9.17, 15) is 9.18 Å². The molecule has 3 aromatic heterocycles. The van der Waals surface area contributed by atoms with Crippen molar-refractivity contribution in [1.29, 1.82) is 0 Å². The first kappa shape index (κ1) is 18.5. The molecule has 4 rings (SSSR count). The summed E-state index contributed by atoms with van der Waals surface area (Å²) in [6, 6.07) is 5.83. The molecule has 3 heterocycles. The van der Waals surface area contributed by atoms with Crippen molar-refractivity contribution in [3.8, 4) is 5.69 Å². The summed E-state index contributed by atoms with van der Waals surface area (Å²) in [7, 11) is 0. The lowest BCUT2D eigenvalue weighted by atomic mass is 10.2. The third kappa shape index (κ3) is 3.04. The van der Waals surface area contributed by atoms with E-state index >= 15 is 0 Å². The summed E-state index contributed by atoms with van der Waals surface area (Å²) in [5, 5.41) is 9.52. The van der Waals surface area contributed by atoms with Crippen LogP contribution in [0.2, 0.25) is 5.15 Å². The lowest BCUT2D eigenvalue weighted by Gasteiger charge is -2.02. The second-order valence-corrected chi connectivity index (χ2v) is 7.84. The van der Waals surface area contributed by atoms with Crippen molar-refractivity contribution in [1.82, 2.24) is 19.4 Å². The number of thiophene rings is 1. The maximum absolute atomic E-state index is 13.2. The molecule has 0 aliphatic rings. The van der Waals surface area contributed by atoms with Gasteiger partial charge in [0.05, 0.1) is 28.5 Å². The maximum atomic E-state index is 13.2. The number of nitrogens with zero attached hydrogens (tertiary/aromatic N) is 5. The lowest BCUT2D eigenvalue weighted by molar-refractivity contribution is 0.627. The van der Waals surface area contributed by atoms with Gasteiger partial charge in [0.1, 0.15) is 22.1 Å². The van der Waals surface area contributed by atoms with Crippen LogP contribution in [0.1, 0.15) is 21.7 Å². The molecule has 0 aliphatic heterocycles. The van der Waals surface area contributed by atoms with Crippen molar-refractivity contribution >= 4 is 39.4 Å². The van der Waals surface area contributed by atoms with Gasteiger partial charge in [0, 0.05) is 4.88 Å². The standard InChI is InChI=1S/C19H15ClFN5OS/c1-10-12(3)28-18-16(10)19(27)25(9-22-18)23-8-15-11(2)24-26(17(15)20)14-6-4-13(21)5-7-14/h4-9H,1-3H3/b23-8+. The average Bonchev–Trinajstić information content (AvgIpc) is 3.12. The summed E-state index contributed by atoms with van der Waals surface area (Å²) in [6.45, 7) is 5.64. The Bertz CT molecular complexity index is 1290. The zero-order chi connectivity index (χ0) is 20.0. The molecule has 0 radical (unpaired) electrons. The van der Waals surface area contributed by atoms with Crippen LogP contribution >= 0.6 is 22.9 Å². The first-order valence-electron chi connectivity index (χ1n) is 8.39. The van der Waals surface area contributed by atoms with E-state index in [0.29, 0.717) is 32.3 Å². The summed E-state index contributed by atoms with van der Waals surface area (Å²) in [4.78, 5) is 18.8. The molecule has 0 saturated carbocycles. The van der Waals surface area contributed by atoms with Crippen molar-refractivity contribution in [3.05, 3.63) is 73.6 Å². The molecule has 0 N–H and O–H groups in total. The van der Waals surface area contributed by atoms with Crippen molar-refractivity contribution < 1.29 is 4.39 Å². The van der Waals surface area contributed by atoms with E-state index in [2.05, 4.69) is 15.2 Å². The highest BCUT2D eigenvalue weighted by atomic mass is 35.5. The van der Waals surface area contributed by atoms with E-state index in [0.717, 1.165) is 10.4 Å². The monoisotopic (exact) mass is 415 g/mol. The Kier molecular flexibility index (Phi) is 4.60. The van der Waals surface area contributed by atoms with Gasteiger partial charge in [0.25, 0.3) is 5.56 Å². The minimum Gasteiger partial charge on any atom is -0.267 e. The number of aromatic nitrogens is 4. The molecule has 0 amide bonds. The predicted octanol–water partition coefficient (Wildman–Crippen LogP) is 4.24. The van der Waals surface area contributed by atoms with Crippen LogP contribution in [0.25, 0.3) is 15.9 Å². The van der Waals surface area contributed by atoms with Crippen LogP contribution in [-0.4, -0.2) is 25.7 Å². The van der Waals surface area contributed by atoms with Gasteiger partial charge in [0.2, 0.25) is 0 Å². The lowest BCUT2D eigenvalue weighted by Crippen LogP contribution is -2.17. The van der Waals surface area contributed by atoms with Crippen molar-refractivity contribution in [2.45, 2.75) is 20.8 Å². The number of hydrogen-bond donors (Lipinski definition) is 0. The van der Waals surface area contributed by atoms with Gasteiger partial charge in [-0.1, -0.05) is 11.6 Å². The largest absolute Gasteiger partial charge is 0.282 e. The highest BCUT2D eigenvalue weighted by Crippen LogP contribution is 2.25. The Morgan fingerprint density at radius 3 is 2.64 bits per heavy atom. The first-order valence-corrected chi connectivity index (χ1v) is 9.59. The highest BCUT2D eigenvalue weighted by molar-refractivity contribution is 7.18. The number of hydrogen-bond acceptors (Lipinski definition) is 5. The minimum absolute atomic E-state index is 0.234. The highest BCUT2D eigenvalue weighted by Gasteiger charge is 2.15. The van der Waals surface area contributed by atoms with Gasteiger partial charge in [-0.05, 0) is 50.6 Å². The Labute approximate surface area is 168 Å². The number of fused-ring (bicyclic) bond motifs is 1. The fourth-order valence-electron chi connectivity index (χ4n) is 2.84. The molecule has 1 aromatic carbocycles. The van der Waals surface area contributed by atoms with Crippen LogP contribution in [0, 0.1) is 26.6 Å². The van der Waals surface area contributed by atoms with Crippen LogP contribution < -0.4 is 5.56 Å². The van der Waals surface area contributed by atoms with Gasteiger partial charge in [-0.15, -0.1) is 11.3 Å². The van der Waals surface area contributed by atoms with Gasteiger partial charge in [-0.25, -0.2) is 14.1 Å². The zero-order valence-corrected chi connectivity index (χ0v) is 16.8. The SMILES string of the molecule is Cc1nn(-c2ccc(F)cc2)c(Cl)c1/C=N/n1cnc2sc(C)c(C)c2c1=O. The Balaban J connectivity index is 1.76. The molecule has 0 bridgehead atoms. The number of aryl methyl sites for hydroxylation is 3. The van der Waals surface area contributed by atoms with E-state index in [4.69, 9.17) is 11.6 Å². The first-order chi connectivity index (χ1) is 13.4. The number of rotatable bonds is 3. The smallest absolute Gasteiger partial charge is 0.267 e. The van der Waals surface area contributed by atoms with Gasteiger partial charge in [0.15, 0.2) is 0 Å². The molecule has 28 heavy (non-hydrogen) atoms. The molecule has 0 atom stereocenters. The topological polar surface area (TPSA) is 65.1 Å². The molecule has 0 fully saturated rings. The molecule has 6 nitrogen and oxygen atoms in total. The Hall–Kier alpha value is -2.84. The second kappa shape index (κ2) is 6.96. The van der Waals surface area contributed by atoms with E-state index in [1.165, 1.54) is 45.4 Å². The van der Waals surface area contributed by atoms with Crippen LogP contribution in [0.4, 0.5) is 4.39 Å². The minimum atomic E-state index is -0.341. The van der Waals surface area contributed by atoms with Crippen molar-refractivity contribution in [2.24, 2.45) is 5.10 Å². The molecule has 0 spiro atoms. The fourth-order valence-corrected chi connectivity index (χ4v) is 4.15. The van der Waals surface area contributed by atoms with Crippen molar-refractivity contribution in [3.63, 3.8) is 0 Å². The van der Waals surface area contributed by atoms with Gasteiger partial charge < -0.3 is 0 Å². The summed E-state index contributed by atoms with van der Waals surface area (Å²) in [5.41, 5.74) is 2.50. The van der Waals surface area contributed by atoms with Crippen molar-refractivity contribution in [2.75, 3.05) is 0 Å². The fraction of sp³-hybridized carbons (Fsp3) is 0.158. The van der Waals surface area contributed by atoms with E-state index in [1.807, 2.05) is 13.8 Å². The number of halogens is 2. The van der Waals surface area contributed by atoms with Gasteiger partial charge in [-0.2, -0.15) is 14.9 Å². The maximum Gasteiger partial charge on any atom is 0.282 e. The molecule has 9 heteroatoms. The predicted molar refractivity (Wildman–Crippen MR) is 110 cm³/mol. The van der Waals surface area contributed by atoms with E-state index < -0.39 is 0 Å². The molecular formula is C19H15ClFN5OS. The number of benzene rings is 1. The van der Waals surface area contributed by atoms with E-state index in [-0.39, 0.29) is 11.4 Å². The Morgan fingerprint density at radius 2 is 1.93 bits per heavy atom. The Morgan fingerprint density at radius 1 is 1.21 bits per heavy atom. The summed E-state index contributed by atoms with van der Waals surface area (Å²) in [6.07, 6.45) is 2.87. The van der Waals surface area contributed by atoms with E-state index in [1.54, 1.807) is 19.1 Å². The average molecular weight is 416 g/mol. The summed E-state index contributed by atoms with van der Waals surface area (Å²) in [5.74, 6) is -0.341. The third-order valence-corrected chi connectivity index (χ3v) is 5.98. The molecule has 0 aliphatic carbocycles. The third-order valence-electron chi connectivity index (χ3n) is 4.50. The molecule has 142 valence electrons. The molecule has 0 saturated heterocycles. The molecule has 4 aromatic rings. The van der Waals surface area contributed by atoms with Crippen LogP contribution in [-0.2, 0) is 0 Å². The molecular weight excluding hydrogens is 401 g/mol. The van der Waals surface area contributed by atoms with Gasteiger partial charge in [-0.3, -0.25) is 4.79 Å².